The van der Waals surface area contributed by atoms with Gasteiger partial charge in [-0.25, -0.2) is 0 Å². The minimum atomic E-state index is 0.910. The fourth-order valence-corrected chi connectivity index (χ4v) is 2.69. The van der Waals surface area contributed by atoms with Crippen LogP contribution < -0.4 is 5.32 Å². The molecule has 1 fully saturated rings. The van der Waals surface area contributed by atoms with E-state index >= 15 is 0 Å². The Kier molecular flexibility index (Phi) is 4.37. The van der Waals surface area contributed by atoms with Crippen LogP contribution in [0.4, 0.5) is 5.69 Å². The highest BCUT2D eigenvalue weighted by atomic mass is 15.1. The Morgan fingerprint density at radius 3 is 2.88 bits per heavy atom. The van der Waals surface area contributed by atoms with Crippen molar-refractivity contribution >= 4 is 5.69 Å². The van der Waals surface area contributed by atoms with Gasteiger partial charge in [0.2, 0.25) is 0 Å². The summed E-state index contributed by atoms with van der Waals surface area (Å²) in [4.78, 5) is 6.82. The van der Waals surface area contributed by atoms with Gasteiger partial charge in [0.15, 0.2) is 0 Å². The van der Waals surface area contributed by atoms with E-state index in [2.05, 4.69) is 28.3 Å². The molecule has 3 heteroatoms. The number of hydrogen-bond acceptors (Lipinski definition) is 3. The molecular weight excluding hydrogens is 210 g/mol. The fourth-order valence-electron chi connectivity index (χ4n) is 2.69. The molecule has 0 spiro atoms. The molecule has 3 nitrogen and oxygen atoms in total. The summed E-state index contributed by atoms with van der Waals surface area (Å²) in [5.74, 6) is 0.910. The van der Waals surface area contributed by atoms with Gasteiger partial charge in [0.1, 0.15) is 0 Å². The third kappa shape index (κ3) is 3.70. The summed E-state index contributed by atoms with van der Waals surface area (Å²) in [5, 5.41) is 3.16. The maximum Gasteiger partial charge on any atom is 0.0564 e. The van der Waals surface area contributed by atoms with Crippen molar-refractivity contribution in [2.45, 2.75) is 32.2 Å². The lowest BCUT2D eigenvalue weighted by Crippen LogP contribution is -2.24. The van der Waals surface area contributed by atoms with Crippen molar-refractivity contribution in [2.24, 2.45) is 5.92 Å². The number of hydrogen-bond donors (Lipinski definition) is 1. The van der Waals surface area contributed by atoms with Crippen LogP contribution >= 0.6 is 0 Å². The van der Waals surface area contributed by atoms with Crippen LogP contribution in [0.25, 0.3) is 0 Å². The first-order valence-electron chi connectivity index (χ1n) is 6.59. The topological polar surface area (TPSA) is 28.2 Å². The summed E-state index contributed by atoms with van der Waals surface area (Å²) >= 11 is 0. The van der Waals surface area contributed by atoms with Crippen molar-refractivity contribution in [3.63, 3.8) is 0 Å². The van der Waals surface area contributed by atoms with Crippen LogP contribution in [0.15, 0.2) is 18.3 Å². The van der Waals surface area contributed by atoms with Gasteiger partial charge in [-0.15, -0.1) is 0 Å². The molecule has 1 aromatic heterocycles. The Bertz CT molecular complexity index is 345. The highest BCUT2D eigenvalue weighted by Crippen LogP contribution is 2.25. The van der Waals surface area contributed by atoms with E-state index in [1.54, 1.807) is 0 Å². The predicted octanol–water partition coefficient (Wildman–Crippen LogP) is 2.75. The van der Waals surface area contributed by atoms with Crippen LogP contribution in [0.1, 0.15) is 31.4 Å². The molecule has 1 aromatic rings. The lowest BCUT2D eigenvalue weighted by atomic mass is 10.1. The lowest BCUT2D eigenvalue weighted by Gasteiger charge is -2.20. The van der Waals surface area contributed by atoms with E-state index in [-0.39, 0.29) is 0 Å². The monoisotopic (exact) mass is 233 g/mol. The van der Waals surface area contributed by atoms with Crippen molar-refractivity contribution < 1.29 is 0 Å². The number of anilines is 1. The van der Waals surface area contributed by atoms with Crippen molar-refractivity contribution in [3.8, 4) is 0 Å². The van der Waals surface area contributed by atoms with Crippen LogP contribution in [-0.4, -0.2) is 30.5 Å². The second kappa shape index (κ2) is 6.01. The number of pyridine rings is 1. The zero-order valence-corrected chi connectivity index (χ0v) is 10.9. The first-order valence-corrected chi connectivity index (χ1v) is 6.59. The van der Waals surface area contributed by atoms with E-state index in [0.717, 1.165) is 23.8 Å². The van der Waals surface area contributed by atoms with Crippen molar-refractivity contribution in [1.29, 1.82) is 0 Å². The average Bonchev–Trinajstić information content (AvgIpc) is 2.82. The lowest BCUT2D eigenvalue weighted by molar-refractivity contribution is 0.268. The Morgan fingerprint density at radius 1 is 1.41 bits per heavy atom. The molecule has 1 heterocycles. The highest BCUT2D eigenvalue weighted by molar-refractivity contribution is 5.42. The van der Waals surface area contributed by atoms with Gasteiger partial charge in [0, 0.05) is 32.0 Å². The normalized spacial score (nSPS) is 16.6. The number of rotatable bonds is 5. The summed E-state index contributed by atoms with van der Waals surface area (Å²) in [6.07, 6.45) is 7.55. The van der Waals surface area contributed by atoms with Gasteiger partial charge >= 0.3 is 0 Å². The first kappa shape index (κ1) is 12.4. The molecule has 0 unspecified atom stereocenters. The number of nitrogens with one attached hydrogen (secondary N) is 1. The molecule has 94 valence electrons. The van der Waals surface area contributed by atoms with Crippen LogP contribution in [0.5, 0.6) is 0 Å². The Morgan fingerprint density at radius 2 is 2.18 bits per heavy atom. The molecule has 1 N–H and O–H groups in total. The first-order chi connectivity index (χ1) is 8.28. The van der Waals surface area contributed by atoms with E-state index in [1.807, 2.05) is 19.3 Å². The molecule has 0 amide bonds. The average molecular weight is 233 g/mol. The predicted molar refractivity (Wildman–Crippen MR) is 72.1 cm³/mol. The third-order valence-electron chi connectivity index (χ3n) is 3.58. The quantitative estimate of drug-likeness (QED) is 0.847. The minimum Gasteiger partial charge on any atom is -0.388 e. The second-order valence-corrected chi connectivity index (χ2v) is 5.13. The standard InChI is InChI=1S/C14H23N3/c1-15-13-7-8-16-14(9-13)11-17(2)10-12-5-3-4-6-12/h7-9,12H,3-6,10-11H2,1-2H3,(H,15,16). The summed E-state index contributed by atoms with van der Waals surface area (Å²) in [7, 11) is 4.15. The van der Waals surface area contributed by atoms with E-state index in [0.29, 0.717) is 0 Å². The zero-order chi connectivity index (χ0) is 12.1. The van der Waals surface area contributed by atoms with Gasteiger partial charge in [0.25, 0.3) is 0 Å². The molecule has 2 rings (SSSR count). The van der Waals surface area contributed by atoms with Crippen LogP contribution in [0.2, 0.25) is 0 Å². The van der Waals surface area contributed by atoms with E-state index in [1.165, 1.54) is 32.2 Å². The van der Waals surface area contributed by atoms with Crippen LogP contribution in [0, 0.1) is 5.92 Å². The molecule has 0 radical (unpaired) electrons. The molecule has 0 aliphatic heterocycles. The zero-order valence-electron chi connectivity index (χ0n) is 10.9. The molecule has 0 aromatic carbocycles. The van der Waals surface area contributed by atoms with E-state index in [4.69, 9.17) is 0 Å². The number of aromatic nitrogens is 1. The van der Waals surface area contributed by atoms with E-state index < -0.39 is 0 Å². The second-order valence-electron chi connectivity index (χ2n) is 5.13. The van der Waals surface area contributed by atoms with Gasteiger partial charge < -0.3 is 10.2 Å². The third-order valence-corrected chi connectivity index (χ3v) is 3.58. The Hall–Kier alpha value is -1.09. The SMILES string of the molecule is CNc1ccnc(CN(C)CC2CCCC2)c1. The molecule has 1 aliphatic rings. The summed E-state index contributed by atoms with van der Waals surface area (Å²) < 4.78 is 0. The van der Waals surface area contributed by atoms with Gasteiger partial charge in [-0.05, 0) is 37.9 Å². The largest absolute Gasteiger partial charge is 0.388 e. The minimum absolute atomic E-state index is 0.910. The van der Waals surface area contributed by atoms with Crippen LogP contribution in [0.3, 0.4) is 0 Å². The smallest absolute Gasteiger partial charge is 0.0564 e. The Labute approximate surface area is 104 Å². The number of nitrogens with zero attached hydrogens (tertiary/aromatic N) is 2. The summed E-state index contributed by atoms with van der Waals surface area (Å²) in [5.41, 5.74) is 2.29. The maximum absolute atomic E-state index is 4.42. The highest BCUT2D eigenvalue weighted by Gasteiger charge is 2.16. The van der Waals surface area contributed by atoms with Crippen molar-refractivity contribution in [2.75, 3.05) is 26.0 Å². The fraction of sp³-hybridized carbons (Fsp3) is 0.643. The van der Waals surface area contributed by atoms with Gasteiger partial charge in [-0.2, -0.15) is 0 Å². The summed E-state index contributed by atoms with van der Waals surface area (Å²) in [6.45, 7) is 2.16. The van der Waals surface area contributed by atoms with E-state index in [9.17, 15) is 0 Å². The van der Waals surface area contributed by atoms with Gasteiger partial charge in [-0.3, -0.25) is 4.98 Å². The van der Waals surface area contributed by atoms with Gasteiger partial charge in [0.05, 0.1) is 5.69 Å². The van der Waals surface area contributed by atoms with Gasteiger partial charge in [-0.1, -0.05) is 12.8 Å². The van der Waals surface area contributed by atoms with Crippen LogP contribution in [-0.2, 0) is 6.54 Å². The Balaban J connectivity index is 1.85. The molecule has 0 bridgehead atoms. The maximum atomic E-state index is 4.42. The summed E-state index contributed by atoms with van der Waals surface area (Å²) in [6, 6.07) is 4.13. The van der Waals surface area contributed by atoms with Crippen molar-refractivity contribution in [3.05, 3.63) is 24.0 Å². The molecular formula is C14H23N3. The molecule has 0 saturated heterocycles. The molecule has 0 atom stereocenters. The molecule has 1 aliphatic carbocycles. The molecule has 1 saturated carbocycles. The molecule has 17 heavy (non-hydrogen) atoms. The van der Waals surface area contributed by atoms with Crippen molar-refractivity contribution in [1.82, 2.24) is 9.88 Å².